The van der Waals surface area contributed by atoms with Gasteiger partial charge in [-0.2, -0.15) is 0 Å². The van der Waals surface area contributed by atoms with Crippen LogP contribution in [0.15, 0.2) is 24.3 Å². The van der Waals surface area contributed by atoms with Crippen LogP contribution in [-0.2, 0) is 14.1 Å². The van der Waals surface area contributed by atoms with Gasteiger partial charge in [-0.05, 0) is 45.3 Å². The van der Waals surface area contributed by atoms with E-state index in [9.17, 15) is 4.79 Å². The SMILES string of the molecule is CC(C)C(=O)Nc1ccc(B2OC(C)(C)C(C)(C)O2)cc1. The second kappa shape index (κ2) is 5.46. The zero-order chi connectivity index (χ0) is 15.8. The number of hydrogen-bond donors (Lipinski definition) is 1. The molecule has 1 aromatic carbocycles. The molecule has 0 radical (unpaired) electrons. The quantitative estimate of drug-likeness (QED) is 0.870. The van der Waals surface area contributed by atoms with E-state index in [0.717, 1.165) is 11.2 Å². The fraction of sp³-hybridized carbons (Fsp3) is 0.562. The van der Waals surface area contributed by atoms with Crippen LogP contribution in [0, 0.1) is 5.92 Å². The minimum Gasteiger partial charge on any atom is -0.399 e. The standard InChI is InChI=1S/C16H24BNO3/c1-11(2)14(19)18-13-9-7-12(8-10-13)17-20-15(3,4)16(5,6)21-17/h7-11H,1-6H3,(H,18,19). The molecule has 1 saturated heterocycles. The van der Waals surface area contributed by atoms with Crippen molar-refractivity contribution in [2.24, 2.45) is 5.92 Å². The third-order valence-corrected chi connectivity index (χ3v) is 4.23. The Balaban J connectivity index is 2.09. The molecule has 0 saturated carbocycles. The summed E-state index contributed by atoms with van der Waals surface area (Å²) in [6, 6.07) is 7.61. The first-order chi connectivity index (χ1) is 9.62. The third-order valence-electron chi connectivity index (χ3n) is 4.23. The molecule has 0 aromatic heterocycles. The van der Waals surface area contributed by atoms with Gasteiger partial charge < -0.3 is 14.6 Å². The van der Waals surface area contributed by atoms with Crippen LogP contribution >= 0.6 is 0 Å². The van der Waals surface area contributed by atoms with Crippen molar-refractivity contribution in [3.8, 4) is 0 Å². The first kappa shape index (κ1) is 16.1. The summed E-state index contributed by atoms with van der Waals surface area (Å²) in [6.07, 6.45) is 0. The maximum atomic E-state index is 11.7. The number of hydrogen-bond acceptors (Lipinski definition) is 3. The molecule has 1 aliphatic heterocycles. The average Bonchev–Trinajstić information content (AvgIpc) is 2.59. The third kappa shape index (κ3) is 3.30. The molecular formula is C16H24BNO3. The van der Waals surface area contributed by atoms with Crippen LogP contribution in [0.4, 0.5) is 5.69 Å². The van der Waals surface area contributed by atoms with Gasteiger partial charge in [0.25, 0.3) is 0 Å². The Morgan fingerprint density at radius 1 is 1.05 bits per heavy atom. The number of anilines is 1. The highest BCUT2D eigenvalue weighted by Crippen LogP contribution is 2.36. The van der Waals surface area contributed by atoms with Crippen LogP contribution in [0.3, 0.4) is 0 Å². The maximum Gasteiger partial charge on any atom is 0.494 e. The largest absolute Gasteiger partial charge is 0.494 e. The van der Waals surface area contributed by atoms with E-state index >= 15 is 0 Å². The van der Waals surface area contributed by atoms with Crippen LogP contribution < -0.4 is 10.8 Å². The van der Waals surface area contributed by atoms with Crippen molar-refractivity contribution in [1.29, 1.82) is 0 Å². The van der Waals surface area contributed by atoms with E-state index in [4.69, 9.17) is 9.31 Å². The monoisotopic (exact) mass is 289 g/mol. The van der Waals surface area contributed by atoms with Crippen LogP contribution in [0.2, 0.25) is 0 Å². The summed E-state index contributed by atoms with van der Waals surface area (Å²) in [5.41, 5.74) is 1.05. The van der Waals surface area contributed by atoms with Crippen molar-refractivity contribution < 1.29 is 14.1 Å². The van der Waals surface area contributed by atoms with Crippen molar-refractivity contribution >= 4 is 24.2 Å². The van der Waals surface area contributed by atoms with E-state index in [0.29, 0.717) is 0 Å². The maximum absolute atomic E-state index is 11.7. The second-order valence-corrected chi connectivity index (χ2v) is 6.85. The van der Waals surface area contributed by atoms with Gasteiger partial charge in [0.2, 0.25) is 5.91 Å². The zero-order valence-electron chi connectivity index (χ0n) is 13.7. The first-order valence-corrected chi connectivity index (χ1v) is 7.39. The Morgan fingerprint density at radius 3 is 1.95 bits per heavy atom. The lowest BCUT2D eigenvalue weighted by atomic mass is 9.79. The number of carbonyl (C=O) groups excluding carboxylic acids is 1. The summed E-state index contributed by atoms with van der Waals surface area (Å²) in [5.74, 6) is -0.0221. The molecular weight excluding hydrogens is 265 g/mol. The Hall–Kier alpha value is -1.33. The topological polar surface area (TPSA) is 47.6 Å². The molecule has 21 heavy (non-hydrogen) atoms. The lowest BCUT2D eigenvalue weighted by Crippen LogP contribution is -2.41. The molecule has 5 heteroatoms. The van der Waals surface area contributed by atoms with Crippen LogP contribution in [0.5, 0.6) is 0 Å². The van der Waals surface area contributed by atoms with Gasteiger partial charge in [0, 0.05) is 11.6 Å². The molecule has 1 amide bonds. The molecule has 114 valence electrons. The number of carbonyl (C=O) groups is 1. The van der Waals surface area contributed by atoms with Gasteiger partial charge in [-0.15, -0.1) is 0 Å². The second-order valence-electron chi connectivity index (χ2n) is 6.85. The summed E-state index contributed by atoms with van der Waals surface area (Å²) >= 11 is 0. The molecule has 1 aliphatic rings. The number of benzene rings is 1. The molecule has 2 rings (SSSR count). The molecule has 4 nitrogen and oxygen atoms in total. The smallest absolute Gasteiger partial charge is 0.399 e. The van der Waals surface area contributed by atoms with Crippen LogP contribution in [-0.4, -0.2) is 24.2 Å². The number of nitrogens with one attached hydrogen (secondary N) is 1. The van der Waals surface area contributed by atoms with Gasteiger partial charge in [0.1, 0.15) is 0 Å². The minimum absolute atomic E-state index is 0.0124. The molecule has 1 fully saturated rings. The predicted octanol–water partition coefficient (Wildman–Crippen LogP) is 2.58. The molecule has 0 spiro atoms. The summed E-state index contributed by atoms with van der Waals surface area (Å²) in [5, 5.41) is 2.87. The highest BCUT2D eigenvalue weighted by Gasteiger charge is 2.51. The Bertz CT molecular complexity index is 507. The Kier molecular flexibility index (Phi) is 4.18. The number of rotatable bonds is 3. The summed E-state index contributed by atoms with van der Waals surface area (Å²) in [6.45, 7) is 11.9. The van der Waals surface area contributed by atoms with Gasteiger partial charge >= 0.3 is 7.12 Å². The predicted molar refractivity (Wildman–Crippen MR) is 85.6 cm³/mol. The van der Waals surface area contributed by atoms with Gasteiger partial charge in [0.05, 0.1) is 11.2 Å². The van der Waals surface area contributed by atoms with E-state index in [1.54, 1.807) is 0 Å². The van der Waals surface area contributed by atoms with Crippen molar-refractivity contribution in [3.05, 3.63) is 24.3 Å². The molecule has 1 N–H and O–H groups in total. The summed E-state index contributed by atoms with van der Waals surface area (Å²) in [7, 11) is -0.371. The van der Waals surface area contributed by atoms with Crippen molar-refractivity contribution in [2.75, 3.05) is 5.32 Å². The van der Waals surface area contributed by atoms with Crippen LogP contribution in [0.25, 0.3) is 0 Å². The average molecular weight is 289 g/mol. The highest BCUT2D eigenvalue weighted by molar-refractivity contribution is 6.62. The fourth-order valence-electron chi connectivity index (χ4n) is 1.99. The van der Waals surface area contributed by atoms with Crippen molar-refractivity contribution in [3.63, 3.8) is 0 Å². The fourth-order valence-corrected chi connectivity index (χ4v) is 1.99. The molecule has 1 heterocycles. The molecule has 0 bridgehead atoms. The molecule has 1 aromatic rings. The summed E-state index contributed by atoms with van der Waals surface area (Å²) < 4.78 is 12.0. The van der Waals surface area contributed by atoms with E-state index in [-0.39, 0.29) is 30.1 Å². The van der Waals surface area contributed by atoms with Crippen LogP contribution in [0.1, 0.15) is 41.5 Å². The summed E-state index contributed by atoms with van der Waals surface area (Å²) in [4.78, 5) is 11.7. The van der Waals surface area contributed by atoms with Gasteiger partial charge in [-0.25, -0.2) is 0 Å². The normalized spacial score (nSPS) is 19.9. The van der Waals surface area contributed by atoms with E-state index in [2.05, 4.69) is 5.32 Å². The Labute approximate surface area is 127 Å². The first-order valence-electron chi connectivity index (χ1n) is 7.39. The van der Waals surface area contributed by atoms with Gasteiger partial charge in [-0.3, -0.25) is 4.79 Å². The molecule has 0 atom stereocenters. The highest BCUT2D eigenvalue weighted by atomic mass is 16.7. The number of amides is 1. The lowest BCUT2D eigenvalue weighted by molar-refractivity contribution is -0.118. The zero-order valence-corrected chi connectivity index (χ0v) is 13.7. The molecule has 0 aliphatic carbocycles. The van der Waals surface area contributed by atoms with Crippen molar-refractivity contribution in [2.45, 2.75) is 52.7 Å². The van der Waals surface area contributed by atoms with Gasteiger partial charge in [0.15, 0.2) is 0 Å². The van der Waals surface area contributed by atoms with Crippen molar-refractivity contribution in [1.82, 2.24) is 0 Å². The lowest BCUT2D eigenvalue weighted by Gasteiger charge is -2.32. The van der Waals surface area contributed by atoms with Gasteiger partial charge in [-0.1, -0.05) is 26.0 Å². The van der Waals surface area contributed by atoms with E-state index in [1.165, 1.54) is 0 Å². The molecule has 0 unspecified atom stereocenters. The van der Waals surface area contributed by atoms with E-state index in [1.807, 2.05) is 65.8 Å². The van der Waals surface area contributed by atoms with E-state index < -0.39 is 0 Å². The minimum atomic E-state index is -0.371. The Morgan fingerprint density at radius 2 is 1.52 bits per heavy atom.